The molecule has 0 radical (unpaired) electrons. The highest BCUT2D eigenvalue weighted by Gasteiger charge is 2.19. The van der Waals surface area contributed by atoms with Gasteiger partial charge < -0.3 is 5.32 Å². The first-order valence-corrected chi connectivity index (χ1v) is 2.68. The maximum absolute atomic E-state index is 12.2. The minimum absolute atomic E-state index is 0.207. The first kappa shape index (κ1) is 5.69. The van der Waals surface area contributed by atoms with Gasteiger partial charge in [-0.05, 0) is 0 Å². The Kier molecular flexibility index (Phi) is 1.58. The van der Waals surface area contributed by atoms with Crippen molar-refractivity contribution in [3.05, 3.63) is 0 Å². The summed E-state index contributed by atoms with van der Waals surface area (Å²) in [6.45, 7) is 0.845. The zero-order valence-electron chi connectivity index (χ0n) is 4.48. The van der Waals surface area contributed by atoms with Crippen molar-refractivity contribution in [2.75, 3.05) is 13.1 Å². The quantitative estimate of drug-likeness (QED) is 0.479. The second-order valence-electron chi connectivity index (χ2n) is 1.89. The van der Waals surface area contributed by atoms with Gasteiger partial charge in [-0.3, -0.25) is 4.79 Å². The molecule has 0 saturated carbocycles. The van der Waals surface area contributed by atoms with Crippen molar-refractivity contribution in [2.24, 2.45) is 0 Å². The number of carbonyl (C=O) groups excluding carboxylic acids is 1. The van der Waals surface area contributed by atoms with E-state index in [0.717, 1.165) is 0 Å². The highest BCUT2D eigenvalue weighted by molar-refractivity contribution is 5.84. The summed E-state index contributed by atoms with van der Waals surface area (Å²) in [6, 6.07) is 0. The third-order valence-electron chi connectivity index (χ3n) is 1.22. The fraction of sp³-hybridized carbons (Fsp3) is 0.800. The summed E-state index contributed by atoms with van der Waals surface area (Å²) in [7, 11) is 0. The van der Waals surface area contributed by atoms with Crippen LogP contribution in [0.4, 0.5) is 4.39 Å². The molecular weight excluding hydrogens is 109 g/mol. The third kappa shape index (κ3) is 1.04. The minimum atomic E-state index is -1.25. The highest BCUT2D eigenvalue weighted by atomic mass is 19.1. The molecule has 0 aromatic rings. The van der Waals surface area contributed by atoms with Crippen LogP contribution in [0.3, 0.4) is 0 Å². The van der Waals surface area contributed by atoms with Crippen LogP contribution in [-0.4, -0.2) is 25.0 Å². The Balaban J connectivity index is 2.39. The number of Topliss-reactive ketones (excluding diaryl/α,β-unsaturated/α-hetero) is 1. The molecule has 0 amide bonds. The molecule has 1 fully saturated rings. The molecule has 46 valence electrons. The van der Waals surface area contributed by atoms with Gasteiger partial charge in [0, 0.05) is 19.5 Å². The Labute approximate surface area is 47.1 Å². The smallest absolute Gasteiger partial charge is 0.170 e. The van der Waals surface area contributed by atoms with Crippen LogP contribution in [0.1, 0.15) is 6.42 Å². The average Bonchev–Trinajstić information content (AvgIpc) is 1.77. The highest BCUT2D eigenvalue weighted by Crippen LogP contribution is 1.99. The Hall–Kier alpha value is -0.440. The first-order chi connectivity index (χ1) is 3.80. The fourth-order valence-corrected chi connectivity index (χ4v) is 0.711. The largest absolute Gasteiger partial charge is 0.313 e. The van der Waals surface area contributed by atoms with E-state index in [1.165, 1.54) is 0 Å². The van der Waals surface area contributed by atoms with E-state index in [2.05, 4.69) is 5.32 Å². The van der Waals surface area contributed by atoms with Crippen molar-refractivity contribution >= 4 is 5.78 Å². The molecule has 2 nitrogen and oxygen atoms in total. The molecule has 0 bridgehead atoms. The van der Waals surface area contributed by atoms with E-state index in [4.69, 9.17) is 0 Å². The molecular formula is C5H8FNO. The molecule has 0 aliphatic carbocycles. The van der Waals surface area contributed by atoms with Crippen LogP contribution < -0.4 is 5.32 Å². The Morgan fingerprint density at radius 2 is 2.50 bits per heavy atom. The molecule has 1 atom stereocenters. The number of carbonyl (C=O) groups is 1. The van der Waals surface area contributed by atoms with E-state index >= 15 is 0 Å². The second-order valence-corrected chi connectivity index (χ2v) is 1.89. The number of nitrogens with one attached hydrogen (secondary N) is 1. The zero-order chi connectivity index (χ0) is 5.98. The van der Waals surface area contributed by atoms with E-state index in [-0.39, 0.29) is 12.3 Å². The van der Waals surface area contributed by atoms with Gasteiger partial charge in [-0.1, -0.05) is 0 Å². The summed E-state index contributed by atoms with van der Waals surface area (Å²) >= 11 is 0. The SMILES string of the molecule is O=C1CCNC[C@@H]1F. The maximum Gasteiger partial charge on any atom is 0.170 e. The van der Waals surface area contributed by atoms with Crippen molar-refractivity contribution in [1.82, 2.24) is 5.32 Å². The predicted molar refractivity (Wildman–Crippen MR) is 27.4 cm³/mol. The summed E-state index contributed by atoms with van der Waals surface area (Å²) in [5, 5.41) is 2.77. The van der Waals surface area contributed by atoms with Crippen molar-refractivity contribution in [3.63, 3.8) is 0 Å². The average molecular weight is 117 g/mol. The predicted octanol–water partition coefficient (Wildman–Crippen LogP) is -0.113. The molecule has 8 heavy (non-hydrogen) atoms. The van der Waals surface area contributed by atoms with Gasteiger partial charge in [-0.25, -0.2) is 4.39 Å². The Morgan fingerprint density at radius 1 is 1.75 bits per heavy atom. The molecule has 0 unspecified atom stereocenters. The summed E-state index contributed by atoms with van der Waals surface area (Å²) in [5.74, 6) is -0.260. The van der Waals surface area contributed by atoms with E-state index in [1.807, 2.05) is 0 Å². The summed E-state index contributed by atoms with van der Waals surface area (Å²) in [5.41, 5.74) is 0. The molecule has 0 aromatic heterocycles. The molecule has 0 spiro atoms. The summed E-state index contributed by atoms with van der Waals surface area (Å²) in [4.78, 5) is 10.4. The molecule has 3 heteroatoms. The van der Waals surface area contributed by atoms with Crippen LogP contribution in [0.15, 0.2) is 0 Å². The summed E-state index contributed by atoms with van der Waals surface area (Å²) in [6.07, 6.45) is -0.898. The maximum atomic E-state index is 12.2. The molecule has 1 aliphatic rings. The van der Waals surface area contributed by atoms with Gasteiger partial charge in [0.25, 0.3) is 0 Å². The molecule has 0 aromatic carbocycles. The van der Waals surface area contributed by atoms with E-state index in [0.29, 0.717) is 13.0 Å². The van der Waals surface area contributed by atoms with Gasteiger partial charge in [0.1, 0.15) is 0 Å². The molecule has 1 rings (SSSR count). The fourth-order valence-electron chi connectivity index (χ4n) is 0.711. The van der Waals surface area contributed by atoms with Crippen LogP contribution in [0.2, 0.25) is 0 Å². The van der Waals surface area contributed by atoms with Crippen LogP contribution in [0.25, 0.3) is 0 Å². The van der Waals surface area contributed by atoms with Gasteiger partial charge in [-0.2, -0.15) is 0 Å². The van der Waals surface area contributed by atoms with Gasteiger partial charge in [0.2, 0.25) is 0 Å². The molecule has 1 N–H and O–H groups in total. The monoisotopic (exact) mass is 117 g/mol. The standard InChI is InChI=1S/C5H8FNO/c6-4-3-7-2-1-5(4)8/h4,7H,1-3H2/t4-/m0/s1. The molecule has 1 aliphatic heterocycles. The van der Waals surface area contributed by atoms with E-state index in [1.54, 1.807) is 0 Å². The van der Waals surface area contributed by atoms with Crippen molar-refractivity contribution in [3.8, 4) is 0 Å². The number of alkyl halides is 1. The van der Waals surface area contributed by atoms with Crippen LogP contribution in [0, 0.1) is 0 Å². The minimum Gasteiger partial charge on any atom is -0.313 e. The topological polar surface area (TPSA) is 29.1 Å². The lowest BCUT2D eigenvalue weighted by atomic mass is 10.1. The zero-order valence-corrected chi connectivity index (χ0v) is 4.48. The second kappa shape index (κ2) is 2.22. The molecule has 1 heterocycles. The van der Waals surface area contributed by atoms with Gasteiger partial charge in [0.15, 0.2) is 12.0 Å². The van der Waals surface area contributed by atoms with E-state index < -0.39 is 6.17 Å². The van der Waals surface area contributed by atoms with Crippen molar-refractivity contribution < 1.29 is 9.18 Å². The number of hydrogen-bond donors (Lipinski definition) is 1. The number of ketones is 1. The lowest BCUT2D eigenvalue weighted by Gasteiger charge is -2.13. The van der Waals surface area contributed by atoms with Gasteiger partial charge >= 0.3 is 0 Å². The van der Waals surface area contributed by atoms with Crippen molar-refractivity contribution in [1.29, 1.82) is 0 Å². The molecule has 1 saturated heterocycles. The normalized spacial score (nSPS) is 30.6. The lowest BCUT2D eigenvalue weighted by Crippen LogP contribution is -2.38. The third-order valence-corrected chi connectivity index (χ3v) is 1.22. The Bertz CT molecular complexity index is 105. The number of hydrogen-bond acceptors (Lipinski definition) is 2. The number of piperidine rings is 1. The Morgan fingerprint density at radius 3 is 2.88 bits per heavy atom. The van der Waals surface area contributed by atoms with Gasteiger partial charge in [-0.15, -0.1) is 0 Å². The first-order valence-electron chi connectivity index (χ1n) is 2.68. The lowest BCUT2D eigenvalue weighted by molar-refractivity contribution is -0.124. The number of halogens is 1. The summed E-state index contributed by atoms with van der Waals surface area (Å²) < 4.78 is 12.2. The van der Waals surface area contributed by atoms with Crippen molar-refractivity contribution in [2.45, 2.75) is 12.6 Å². The number of rotatable bonds is 0. The van der Waals surface area contributed by atoms with Crippen LogP contribution >= 0.6 is 0 Å². The van der Waals surface area contributed by atoms with Gasteiger partial charge in [0.05, 0.1) is 0 Å². The van der Waals surface area contributed by atoms with E-state index in [9.17, 15) is 9.18 Å². The van der Waals surface area contributed by atoms with Crippen LogP contribution in [0.5, 0.6) is 0 Å². The van der Waals surface area contributed by atoms with Crippen LogP contribution in [-0.2, 0) is 4.79 Å².